The van der Waals surface area contributed by atoms with E-state index in [1.54, 1.807) is 23.2 Å². The van der Waals surface area contributed by atoms with Crippen molar-refractivity contribution in [1.29, 1.82) is 0 Å². The highest BCUT2D eigenvalue weighted by Gasteiger charge is 2.44. The summed E-state index contributed by atoms with van der Waals surface area (Å²) >= 11 is 19.5. The highest BCUT2D eigenvalue weighted by atomic mass is 79.9. The number of hydrogen-bond acceptors (Lipinski definition) is 2. The summed E-state index contributed by atoms with van der Waals surface area (Å²) < 4.78 is 2.04. The molecule has 3 aromatic rings. The van der Waals surface area contributed by atoms with Gasteiger partial charge in [0.15, 0.2) is 0 Å². The summed E-state index contributed by atoms with van der Waals surface area (Å²) in [6.45, 7) is 0. The van der Waals surface area contributed by atoms with Crippen LogP contribution in [0.2, 0.25) is 10.0 Å². The molecule has 2 aliphatic rings. The molecule has 1 fully saturated rings. The van der Waals surface area contributed by atoms with Gasteiger partial charge in [-0.2, -0.15) is 5.10 Å². The summed E-state index contributed by atoms with van der Waals surface area (Å²) in [5, 5.41) is 7.39. The Kier molecular flexibility index (Phi) is 6.99. The lowest BCUT2D eigenvalue weighted by Gasteiger charge is -2.30. The second kappa shape index (κ2) is 9.98. The van der Waals surface area contributed by atoms with Crippen LogP contribution in [-0.2, 0) is 0 Å². The van der Waals surface area contributed by atoms with Crippen molar-refractivity contribution in [2.24, 2.45) is 11.0 Å². The number of halogens is 4. The van der Waals surface area contributed by atoms with Crippen LogP contribution in [0.3, 0.4) is 0 Å². The molecule has 1 saturated carbocycles. The number of nitrogens with zero attached hydrogens (tertiary/aromatic N) is 2. The summed E-state index contributed by atoms with van der Waals surface area (Å²) in [6, 6.07) is 21.1. The van der Waals surface area contributed by atoms with Gasteiger partial charge in [-0.1, -0.05) is 79.3 Å². The number of carbonyl (C=O) groups excluding carboxylic acids is 1. The zero-order chi connectivity index (χ0) is 23.8. The minimum absolute atomic E-state index is 0.117. The topological polar surface area (TPSA) is 32.7 Å². The van der Waals surface area contributed by atoms with E-state index < -0.39 is 0 Å². The fourth-order valence-corrected chi connectivity index (χ4v) is 5.73. The zero-order valence-electron chi connectivity index (χ0n) is 18.0. The average molecular weight is 619 g/mol. The Morgan fingerprint density at radius 2 is 1.65 bits per heavy atom. The van der Waals surface area contributed by atoms with Gasteiger partial charge >= 0.3 is 0 Å². The first-order valence-corrected chi connectivity index (χ1v) is 13.3. The Morgan fingerprint density at radius 3 is 2.32 bits per heavy atom. The number of hydrazone groups is 1. The van der Waals surface area contributed by atoms with Crippen LogP contribution in [0.1, 0.15) is 46.8 Å². The number of benzene rings is 3. The average Bonchev–Trinajstić information content (AvgIpc) is 3.21. The molecule has 3 nitrogen and oxygen atoms in total. The first-order chi connectivity index (χ1) is 16.4. The molecule has 0 N–H and O–H groups in total. The van der Waals surface area contributed by atoms with E-state index in [4.69, 9.17) is 28.3 Å². The van der Waals surface area contributed by atoms with Crippen molar-refractivity contribution in [2.45, 2.75) is 25.3 Å². The monoisotopic (exact) mass is 616 g/mol. The molecule has 1 aliphatic heterocycles. The fraction of sp³-hybridized carbons (Fsp3) is 0.185. The predicted octanol–water partition coefficient (Wildman–Crippen LogP) is 8.96. The Labute approximate surface area is 225 Å². The number of carbonyl (C=O) groups is 1. The fourth-order valence-electron chi connectivity index (χ4n) is 4.71. The molecule has 1 aliphatic carbocycles. The van der Waals surface area contributed by atoms with Crippen LogP contribution in [0.25, 0.3) is 6.08 Å². The molecule has 172 valence electrons. The molecule has 2 atom stereocenters. The van der Waals surface area contributed by atoms with Gasteiger partial charge in [-0.25, -0.2) is 5.01 Å². The van der Waals surface area contributed by atoms with E-state index in [0.29, 0.717) is 15.6 Å². The summed E-state index contributed by atoms with van der Waals surface area (Å²) in [7, 11) is 0. The second-order valence-corrected chi connectivity index (χ2v) is 11.2. The van der Waals surface area contributed by atoms with Crippen LogP contribution in [0.5, 0.6) is 0 Å². The van der Waals surface area contributed by atoms with Gasteiger partial charge in [0.1, 0.15) is 0 Å². The predicted molar refractivity (Wildman–Crippen MR) is 146 cm³/mol. The Hall–Kier alpha value is -1.92. The molecule has 7 heteroatoms. The zero-order valence-corrected chi connectivity index (χ0v) is 22.7. The van der Waals surface area contributed by atoms with Gasteiger partial charge in [0.2, 0.25) is 0 Å². The highest BCUT2D eigenvalue weighted by Crippen LogP contribution is 2.45. The van der Waals surface area contributed by atoms with Gasteiger partial charge in [0, 0.05) is 19.9 Å². The van der Waals surface area contributed by atoms with E-state index in [2.05, 4.69) is 62.2 Å². The maximum Gasteiger partial charge on any atom is 0.276 e. The maximum absolute atomic E-state index is 13.7. The molecule has 0 spiro atoms. The lowest BCUT2D eigenvalue weighted by Crippen LogP contribution is -2.32. The first-order valence-electron chi connectivity index (χ1n) is 11.0. The van der Waals surface area contributed by atoms with Crippen molar-refractivity contribution in [3.63, 3.8) is 0 Å². The van der Waals surface area contributed by atoms with Gasteiger partial charge in [0.25, 0.3) is 5.91 Å². The molecule has 0 aromatic heterocycles. The SMILES string of the molecule is O=C(c1ccc(Cl)cc1Cl)N1N=C2/C(=C\c3ccc(Br)cc3)CCC[C@H]2[C@@H]1c1ccc(Br)cc1. The number of rotatable bonds is 3. The quantitative estimate of drug-likeness (QED) is 0.288. The Balaban J connectivity index is 1.59. The molecule has 0 radical (unpaired) electrons. The lowest BCUT2D eigenvalue weighted by molar-refractivity contribution is 0.0681. The van der Waals surface area contributed by atoms with Gasteiger partial charge in [0.05, 0.1) is 22.3 Å². The van der Waals surface area contributed by atoms with Crippen molar-refractivity contribution < 1.29 is 4.79 Å². The second-order valence-electron chi connectivity index (χ2n) is 8.48. The number of fused-ring (bicyclic) bond motifs is 1. The molecular formula is C27H20Br2Cl2N2O. The van der Waals surface area contributed by atoms with Gasteiger partial charge in [-0.3, -0.25) is 4.79 Å². The van der Waals surface area contributed by atoms with E-state index in [9.17, 15) is 4.79 Å². The van der Waals surface area contributed by atoms with Gasteiger partial charge < -0.3 is 0 Å². The number of hydrogen-bond donors (Lipinski definition) is 0. The summed E-state index contributed by atoms with van der Waals surface area (Å²) in [5.74, 6) is -0.105. The molecule has 5 rings (SSSR count). The molecule has 0 bridgehead atoms. The molecule has 0 saturated heterocycles. The van der Waals surface area contributed by atoms with E-state index in [1.807, 2.05) is 24.3 Å². The van der Waals surface area contributed by atoms with Crippen LogP contribution in [0.15, 0.2) is 86.3 Å². The van der Waals surface area contributed by atoms with Crippen molar-refractivity contribution in [3.05, 3.63) is 108 Å². The van der Waals surface area contributed by atoms with Gasteiger partial charge in [-0.15, -0.1) is 0 Å². The van der Waals surface area contributed by atoms with Crippen molar-refractivity contribution in [2.75, 3.05) is 0 Å². The third-order valence-electron chi connectivity index (χ3n) is 6.29. The minimum Gasteiger partial charge on any atom is -0.267 e. The minimum atomic E-state index is -0.223. The van der Waals surface area contributed by atoms with E-state index in [0.717, 1.165) is 45.0 Å². The summed E-state index contributed by atoms with van der Waals surface area (Å²) in [6.07, 6.45) is 5.14. The number of allylic oxidation sites excluding steroid dienone is 1. The highest BCUT2D eigenvalue weighted by molar-refractivity contribution is 9.10. The molecule has 1 amide bonds. The Bertz CT molecular complexity index is 1300. The first kappa shape index (κ1) is 23.8. The third-order valence-corrected chi connectivity index (χ3v) is 7.90. The molecule has 1 heterocycles. The molecule has 0 unspecified atom stereocenters. The van der Waals surface area contributed by atoms with Crippen LogP contribution in [-0.4, -0.2) is 16.6 Å². The van der Waals surface area contributed by atoms with Crippen LogP contribution < -0.4 is 0 Å². The standard InChI is InChI=1S/C27H20Br2Cl2N2O/c28-19-8-4-16(5-9-19)14-18-2-1-3-23-25(18)32-33(26(23)17-6-10-20(29)11-7-17)27(34)22-13-12-21(30)15-24(22)31/h4-15,23,26H,1-3H2/b18-14-/t23-,26+/m1/s1. The van der Waals surface area contributed by atoms with Crippen molar-refractivity contribution in [1.82, 2.24) is 5.01 Å². The van der Waals surface area contributed by atoms with Crippen molar-refractivity contribution >= 4 is 72.8 Å². The van der Waals surface area contributed by atoms with Crippen LogP contribution in [0, 0.1) is 5.92 Å². The van der Waals surface area contributed by atoms with Crippen LogP contribution in [0.4, 0.5) is 0 Å². The maximum atomic E-state index is 13.7. The molecule has 3 aromatic carbocycles. The molecule has 34 heavy (non-hydrogen) atoms. The van der Waals surface area contributed by atoms with E-state index >= 15 is 0 Å². The summed E-state index contributed by atoms with van der Waals surface area (Å²) in [5.41, 5.74) is 4.73. The largest absolute Gasteiger partial charge is 0.276 e. The lowest BCUT2D eigenvalue weighted by atomic mass is 9.77. The number of amides is 1. The summed E-state index contributed by atoms with van der Waals surface area (Å²) in [4.78, 5) is 13.7. The van der Waals surface area contributed by atoms with E-state index in [1.165, 1.54) is 5.57 Å². The smallest absolute Gasteiger partial charge is 0.267 e. The van der Waals surface area contributed by atoms with Gasteiger partial charge in [-0.05, 0) is 84.5 Å². The normalized spacial score (nSPS) is 20.9. The van der Waals surface area contributed by atoms with E-state index in [-0.39, 0.29) is 17.9 Å². The van der Waals surface area contributed by atoms with Crippen molar-refractivity contribution in [3.8, 4) is 0 Å². The third kappa shape index (κ3) is 4.76. The molecular weight excluding hydrogens is 599 g/mol. The Morgan fingerprint density at radius 1 is 0.971 bits per heavy atom. The van der Waals surface area contributed by atoms with Crippen LogP contribution >= 0.6 is 55.1 Å².